The molecule has 2 N–H and O–H groups in total. The van der Waals surface area contributed by atoms with Gasteiger partial charge in [0.15, 0.2) is 5.78 Å². The summed E-state index contributed by atoms with van der Waals surface area (Å²) in [6.45, 7) is 3.27. The normalized spacial score (nSPS) is 13.5. The van der Waals surface area contributed by atoms with Crippen molar-refractivity contribution in [2.75, 3.05) is 13.2 Å². The van der Waals surface area contributed by atoms with Gasteiger partial charge in [0, 0.05) is 6.54 Å². The van der Waals surface area contributed by atoms with Crippen molar-refractivity contribution in [1.29, 1.82) is 0 Å². The highest BCUT2D eigenvalue weighted by atomic mass is 19.1. The zero-order chi connectivity index (χ0) is 16.7. The third kappa shape index (κ3) is 5.50. The van der Waals surface area contributed by atoms with E-state index < -0.39 is 41.1 Å². The second-order valence-electron chi connectivity index (χ2n) is 4.81. The van der Waals surface area contributed by atoms with E-state index in [1.54, 1.807) is 6.92 Å². The van der Waals surface area contributed by atoms with E-state index in [0.29, 0.717) is 0 Å². The monoisotopic (exact) mass is 315 g/mol. The molecule has 0 saturated carbocycles. The van der Waals surface area contributed by atoms with Gasteiger partial charge in [0.25, 0.3) is 0 Å². The van der Waals surface area contributed by atoms with Crippen LogP contribution in [0.4, 0.5) is 8.78 Å². The summed E-state index contributed by atoms with van der Waals surface area (Å²) in [4.78, 5) is 23.9. The Morgan fingerprint density at radius 3 is 2.64 bits per heavy atom. The number of carbonyl (C=O) groups is 2. The molecule has 2 atom stereocenters. The maximum absolute atomic E-state index is 13.7. The molecule has 0 aromatic heterocycles. The topological polar surface area (TPSA) is 75.6 Å². The fourth-order valence-electron chi connectivity index (χ4n) is 1.83. The second-order valence-corrected chi connectivity index (χ2v) is 4.81. The number of benzene rings is 1. The van der Waals surface area contributed by atoms with Crippen LogP contribution in [0.2, 0.25) is 0 Å². The molecule has 22 heavy (non-hydrogen) atoms. The van der Waals surface area contributed by atoms with E-state index in [1.165, 1.54) is 6.92 Å². The van der Waals surface area contributed by atoms with Crippen LogP contribution in [0.15, 0.2) is 18.2 Å². The quantitative estimate of drug-likeness (QED) is 0.561. The van der Waals surface area contributed by atoms with E-state index in [1.807, 2.05) is 0 Å². The lowest BCUT2D eigenvalue weighted by Gasteiger charge is -2.18. The van der Waals surface area contributed by atoms with Crippen LogP contribution in [0.5, 0.6) is 0 Å². The molecular weight excluding hydrogens is 296 g/mol. The average Bonchev–Trinajstić information content (AvgIpc) is 2.45. The van der Waals surface area contributed by atoms with Gasteiger partial charge in [-0.1, -0.05) is 0 Å². The number of nitrogens with one attached hydrogen (secondary N) is 1. The third-order valence-corrected chi connectivity index (χ3v) is 2.85. The summed E-state index contributed by atoms with van der Waals surface area (Å²) in [5.41, 5.74) is -0.451. The highest BCUT2D eigenvalue weighted by Crippen LogP contribution is 2.14. The van der Waals surface area contributed by atoms with Gasteiger partial charge in [-0.05, 0) is 32.0 Å². The van der Waals surface area contributed by atoms with Crippen molar-refractivity contribution in [3.8, 4) is 0 Å². The van der Waals surface area contributed by atoms with Gasteiger partial charge in [0.2, 0.25) is 0 Å². The molecule has 0 radical (unpaired) electrons. The lowest BCUT2D eigenvalue weighted by atomic mass is 10.0. The van der Waals surface area contributed by atoms with Crippen molar-refractivity contribution in [2.24, 2.45) is 0 Å². The molecule has 0 amide bonds. The first-order valence-electron chi connectivity index (χ1n) is 6.91. The predicted molar refractivity (Wildman–Crippen MR) is 75.4 cm³/mol. The Morgan fingerprint density at radius 1 is 1.36 bits per heavy atom. The highest BCUT2D eigenvalue weighted by molar-refractivity contribution is 6.02. The van der Waals surface area contributed by atoms with Gasteiger partial charge in [-0.3, -0.25) is 9.59 Å². The molecule has 1 aromatic carbocycles. The zero-order valence-electron chi connectivity index (χ0n) is 12.4. The molecule has 0 aliphatic rings. The maximum atomic E-state index is 13.7. The van der Waals surface area contributed by atoms with Crippen LogP contribution in [0.1, 0.15) is 30.6 Å². The predicted octanol–water partition coefficient (Wildman–Crippen LogP) is 1.44. The van der Waals surface area contributed by atoms with Crippen LogP contribution in [0.25, 0.3) is 0 Å². The summed E-state index contributed by atoms with van der Waals surface area (Å²) >= 11 is 0. The van der Waals surface area contributed by atoms with Gasteiger partial charge < -0.3 is 15.2 Å². The number of ketones is 1. The van der Waals surface area contributed by atoms with Crippen LogP contribution >= 0.6 is 0 Å². The van der Waals surface area contributed by atoms with Gasteiger partial charge in [-0.15, -0.1) is 0 Å². The van der Waals surface area contributed by atoms with E-state index in [9.17, 15) is 23.5 Å². The zero-order valence-corrected chi connectivity index (χ0v) is 12.4. The van der Waals surface area contributed by atoms with Crippen molar-refractivity contribution >= 4 is 11.8 Å². The SMILES string of the molecule is CCOC(=O)CC(NCC(C)O)C(=O)c1cc(F)ccc1F. The van der Waals surface area contributed by atoms with Crippen LogP contribution in [0.3, 0.4) is 0 Å². The van der Waals surface area contributed by atoms with Crippen molar-refractivity contribution < 1.29 is 28.2 Å². The standard InChI is InChI=1S/C15H19F2NO4/c1-3-22-14(20)7-13(18-8-9(2)19)15(21)11-6-10(16)4-5-12(11)17/h4-6,9,13,18-19H,3,7-8H2,1-2H3. The van der Waals surface area contributed by atoms with Crippen molar-refractivity contribution in [1.82, 2.24) is 5.32 Å². The summed E-state index contributed by atoms with van der Waals surface area (Å²) in [5.74, 6) is -3.05. The number of carbonyl (C=O) groups excluding carboxylic acids is 2. The fourth-order valence-corrected chi connectivity index (χ4v) is 1.83. The average molecular weight is 315 g/mol. The summed E-state index contributed by atoms with van der Waals surface area (Å²) in [7, 11) is 0. The molecule has 1 aromatic rings. The molecule has 0 aliphatic heterocycles. The number of aliphatic hydroxyl groups excluding tert-OH is 1. The molecule has 7 heteroatoms. The molecule has 0 fully saturated rings. The minimum Gasteiger partial charge on any atom is -0.466 e. The van der Waals surface area contributed by atoms with Crippen LogP contribution in [-0.2, 0) is 9.53 Å². The molecule has 122 valence electrons. The Hall–Kier alpha value is -1.86. The molecule has 0 saturated heterocycles. The smallest absolute Gasteiger partial charge is 0.307 e. The molecule has 1 rings (SSSR count). The Kier molecular flexibility index (Phi) is 7.07. The van der Waals surface area contributed by atoms with E-state index in [4.69, 9.17) is 4.74 Å². The Labute approximate surface area is 127 Å². The number of aliphatic hydroxyl groups is 1. The molecular formula is C15H19F2NO4. The largest absolute Gasteiger partial charge is 0.466 e. The van der Waals surface area contributed by atoms with E-state index in [-0.39, 0.29) is 19.6 Å². The van der Waals surface area contributed by atoms with Gasteiger partial charge in [-0.2, -0.15) is 0 Å². The highest BCUT2D eigenvalue weighted by Gasteiger charge is 2.26. The van der Waals surface area contributed by atoms with Crippen molar-refractivity contribution in [3.63, 3.8) is 0 Å². The summed E-state index contributed by atoms with van der Waals surface area (Å²) < 4.78 is 31.6. The summed E-state index contributed by atoms with van der Waals surface area (Å²) in [6.07, 6.45) is -1.11. The van der Waals surface area contributed by atoms with E-state index in [0.717, 1.165) is 18.2 Å². The van der Waals surface area contributed by atoms with Crippen molar-refractivity contribution in [2.45, 2.75) is 32.4 Å². The minimum absolute atomic E-state index is 0.0206. The first kappa shape index (κ1) is 18.2. The van der Waals surface area contributed by atoms with Gasteiger partial charge >= 0.3 is 5.97 Å². The second kappa shape index (κ2) is 8.55. The summed E-state index contributed by atoms with van der Waals surface area (Å²) in [6, 6.07) is 1.42. The Morgan fingerprint density at radius 2 is 2.05 bits per heavy atom. The number of rotatable bonds is 8. The number of ether oxygens (including phenoxy) is 1. The van der Waals surface area contributed by atoms with Gasteiger partial charge in [0.1, 0.15) is 11.6 Å². The number of Topliss-reactive ketones (excluding diaryl/α,β-unsaturated/α-hetero) is 1. The van der Waals surface area contributed by atoms with E-state index >= 15 is 0 Å². The Balaban J connectivity index is 2.95. The summed E-state index contributed by atoms with van der Waals surface area (Å²) in [5, 5.41) is 11.9. The number of hydrogen-bond donors (Lipinski definition) is 2. The lowest BCUT2D eigenvalue weighted by molar-refractivity contribution is -0.143. The van der Waals surface area contributed by atoms with Gasteiger partial charge in [0.05, 0.1) is 30.7 Å². The first-order valence-corrected chi connectivity index (χ1v) is 6.91. The lowest BCUT2D eigenvalue weighted by Crippen LogP contribution is -2.42. The molecule has 0 aliphatic carbocycles. The van der Waals surface area contributed by atoms with Crippen LogP contribution in [0, 0.1) is 11.6 Å². The van der Waals surface area contributed by atoms with Gasteiger partial charge in [-0.25, -0.2) is 8.78 Å². The number of hydrogen-bond acceptors (Lipinski definition) is 5. The van der Waals surface area contributed by atoms with Crippen LogP contribution < -0.4 is 5.32 Å². The molecule has 5 nitrogen and oxygen atoms in total. The molecule has 0 spiro atoms. The van der Waals surface area contributed by atoms with Crippen molar-refractivity contribution in [3.05, 3.63) is 35.4 Å². The van der Waals surface area contributed by atoms with E-state index in [2.05, 4.69) is 5.32 Å². The fraction of sp³-hybridized carbons (Fsp3) is 0.467. The molecule has 0 bridgehead atoms. The first-order chi connectivity index (χ1) is 10.3. The minimum atomic E-state index is -1.11. The third-order valence-electron chi connectivity index (χ3n) is 2.85. The molecule has 0 heterocycles. The number of halogens is 2. The van der Waals surface area contributed by atoms with Crippen LogP contribution in [-0.4, -0.2) is 42.2 Å². The Bertz CT molecular complexity index is 534. The molecule has 2 unspecified atom stereocenters. The number of esters is 1. The maximum Gasteiger partial charge on any atom is 0.307 e.